The molecule has 1 aromatic carbocycles. The third kappa shape index (κ3) is 2.82. The highest BCUT2D eigenvalue weighted by Gasteiger charge is 2.23. The van der Waals surface area contributed by atoms with Gasteiger partial charge in [-0.15, -0.1) is 0 Å². The first-order chi connectivity index (χ1) is 11.7. The number of nitrogens with zero attached hydrogens (tertiary/aromatic N) is 3. The first-order valence-electron chi connectivity index (χ1n) is 8.05. The summed E-state index contributed by atoms with van der Waals surface area (Å²) in [5.41, 5.74) is 2.60. The Morgan fingerprint density at radius 3 is 3.00 bits per heavy atom. The summed E-state index contributed by atoms with van der Waals surface area (Å²) in [6.07, 6.45) is 3.77. The molecule has 1 aliphatic rings. The number of carbonyl (C=O) groups excluding carboxylic acids is 1. The van der Waals surface area contributed by atoms with Crippen LogP contribution in [0.4, 0.5) is 0 Å². The van der Waals surface area contributed by atoms with Gasteiger partial charge in [-0.1, -0.05) is 35.5 Å². The lowest BCUT2D eigenvalue weighted by atomic mass is 10.1. The van der Waals surface area contributed by atoms with Crippen molar-refractivity contribution in [2.45, 2.75) is 32.4 Å². The van der Waals surface area contributed by atoms with E-state index in [0.29, 0.717) is 5.69 Å². The fourth-order valence-corrected chi connectivity index (χ4v) is 3.09. The maximum Gasteiger partial charge on any atom is 0.290 e. The summed E-state index contributed by atoms with van der Waals surface area (Å²) in [6, 6.07) is 11.4. The van der Waals surface area contributed by atoms with Crippen molar-refractivity contribution in [1.82, 2.24) is 20.0 Å². The van der Waals surface area contributed by atoms with Gasteiger partial charge in [0.25, 0.3) is 5.91 Å². The maximum absolute atomic E-state index is 12.4. The van der Waals surface area contributed by atoms with Crippen molar-refractivity contribution in [1.29, 1.82) is 0 Å². The van der Waals surface area contributed by atoms with E-state index in [1.54, 1.807) is 6.07 Å². The zero-order valence-corrected chi connectivity index (χ0v) is 13.4. The molecule has 0 saturated heterocycles. The largest absolute Gasteiger partial charge is 0.350 e. The van der Waals surface area contributed by atoms with Crippen molar-refractivity contribution < 1.29 is 9.32 Å². The molecule has 0 fully saturated rings. The second-order valence-electron chi connectivity index (χ2n) is 6.10. The van der Waals surface area contributed by atoms with Crippen molar-refractivity contribution in [3.8, 4) is 11.3 Å². The summed E-state index contributed by atoms with van der Waals surface area (Å²) >= 11 is 0. The first-order valence-corrected chi connectivity index (χ1v) is 8.05. The van der Waals surface area contributed by atoms with Gasteiger partial charge in [0.05, 0.1) is 5.69 Å². The van der Waals surface area contributed by atoms with Crippen LogP contribution in [0.5, 0.6) is 0 Å². The number of hydrogen-bond donors (Lipinski definition) is 1. The predicted molar refractivity (Wildman–Crippen MR) is 88.5 cm³/mol. The van der Waals surface area contributed by atoms with Crippen LogP contribution < -0.4 is 5.32 Å². The number of imidazole rings is 1. The molecule has 0 unspecified atom stereocenters. The first kappa shape index (κ1) is 14.7. The van der Waals surface area contributed by atoms with E-state index in [4.69, 9.17) is 4.52 Å². The van der Waals surface area contributed by atoms with E-state index < -0.39 is 0 Å². The van der Waals surface area contributed by atoms with Crippen molar-refractivity contribution >= 4 is 5.91 Å². The zero-order chi connectivity index (χ0) is 16.5. The second-order valence-corrected chi connectivity index (χ2v) is 6.10. The smallest absolute Gasteiger partial charge is 0.290 e. The van der Waals surface area contributed by atoms with Gasteiger partial charge in [-0.25, -0.2) is 4.98 Å². The van der Waals surface area contributed by atoms with Crippen LogP contribution in [0.1, 0.15) is 28.5 Å². The monoisotopic (exact) mass is 322 g/mol. The number of hydrogen-bond acceptors (Lipinski definition) is 4. The van der Waals surface area contributed by atoms with Crippen LogP contribution in [0.2, 0.25) is 0 Å². The standard InChI is InChI=1S/C18H18N4O2/c1-12-10-22-11-14(7-8-17(22)19-12)20-18(23)16-9-15(21-24-16)13-5-3-2-4-6-13/h2-6,9-10,14H,7-8,11H2,1H3,(H,20,23)/t14-/m0/s1. The van der Waals surface area contributed by atoms with E-state index >= 15 is 0 Å². The van der Waals surface area contributed by atoms with Gasteiger partial charge >= 0.3 is 0 Å². The minimum atomic E-state index is -0.227. The number of fused-ring (bicyclic) bond motifs is 1. The normalized spacial score (nSPS) is 16.6. The van der Waals surface area contributed by atoms with Crippen molar-refractivity contribution in [2.24, 2.45) is 0 Å². The Kier molecular flexibility index (Phi) is 3.65. The molecule has 3 aromatic rings. The molecule has 0 aliphatic carbocycles. The minimum absolute atomic E-state index is 0.0730. The quantitative estimate of drug-likeness (QED) is 0.804. The van der Waals surface area contributed by atoms with Crippen LogP contribution in [-0.4, -0.2) is 26.7 Å². The summed E-state index contributed by atoms with van der Waals surface area (Å²) < 4.78 is 7.33. The van der Waals surface area contributed by atoms with Gasteiger partial charge < -0.3 is 14.4 Å². The van der Waals surface area contributed by atoms with Gasteiger partial charge in [-0.05, 0) is 13.3 Å². The molecule has 0 saturated carbocycles. The number of carbonyl (C=O) groups is 1. The number of aromatic nitrogens is 3. The molecule has 122 valence electrons. The van der Waals surface area contributed by atoms with E-state index in [-0.39, 0.29) is 17.7 Å². The molecule has 6 nitrogen and oxygen atoms in total. The molecule has 1 amide bonds. The fraction of sp³-hybridized carbons (Fsp3) is 0.278. The SMILES string of the molecule is Cc1cn2c(n1)CC[C@H](NC(=O)c1cc(-c3ccccc3)no1)C2. The molecule has 1 atom stereocenters. The fourth-order valence-electron chi connectivity index (χ4n) is 3.09. The zero-order valence-electron chi connectivity index (χ0n) is 13.4. The molecule has 0 radical (unpaired) electrons. The van der Waals surface area contributed by atoms with Crippen molar-refractivity contribution in [2.75, 3.05) is 0 Å². The summed E-state index contributed by atoms with van der Waals surface area (Å²) in [6.45, 7) is 2.72. The highest BCUT2D eigenvalue weighted by molar-refractivity contribution is 5.92. The third-order valence-corrected chi connectivity index (χ3v) is 4.25. The molecular formula is C18H18N4O2. The Bertz CT molecular complexity index is 866. The summed E-state index contributed by atoms with van der Waals surface area (Å²) in [5.74, 6) is 1.10. The molecule has 2 aromatic heterocycles. The molecule has 1 N–H and O–H groups in total. The lowest BCUT2D eigenvalue weighted by Gasteiger charge is -2.24. The predicted octanol–water partition coefficient (Wildman–Crippen LogP) is 2.59. The summed E-state index contributed by atoms with van der Waals surface area (Å²) in [4.78, 5) is 16.9. The Labute approximate surface area is 139 Å². The summed E-state index contributed by atoms with van der Waals surface area (Å²) in [7, 11) is 0. The molecular weight excluding hydrogens is 304 g/mol. The maximum atomic E-state index is 12.4. The van der Waals surface area contributed by atoms with E-state index in [1.165, 1.54) is 0 Å². The van der Waals surface area contributed by atoms with Crippen molar-refractivity contribution in [3.05, 3.63) is 59.9 Å². The third-order valence-electron chi connectivity index (χ3n) is 4.25. The summed E-state index contributed by atoms with van der Waals surface area (Å²) in [5, 5.41) is 7.02. The number of aryl methyl sites for hydroxylation is 2. The molecule has 1 aliphatic heterocycles. The number of rotatable bonds is 3. The molecule has 6 heteroatoms. The van der Waals surface area contributed by atoms with Crippen LogP contribution in [-0.2, 0) is 13.0 Å². The molecule has 24 heavy (non-hydrogen) atoms. The van der Waals surface area contributed by atoms with E-state index in [9.17, 15) is 4.79 Å². The molecule has 3 heterocycles. The van der Waals surface area contributed by atoms with E-state index in [0.717, 1.165) is 36.5 Å². The average Bonchev–Trinajstić information content (AvgIpc) is 3.21. The van der Waals surface area contributed by atoms with Crippen LogP contribution in [0.15, 0.2) is 47.1 Å². The van der Waals surface area contributed by atoms with Crippen LogP contribution >= 0.6 is 0 Å². The van der Waals surface area contributed by atoms with Crippen molar-refractivity contribution in [3.63, 3.8) is 0 Å². The average molecular weight is 322 g/mol. The molecule has 0 spiro atoms. The lowest BCUT2D eigenvalue weighted by Crippen LogP contribution is -2.40. The minimum Gasteiger partial charge on any atom is -0.350 e. The van der Waals surface area contributed by atoms with Gasteiger partial charge in [-0.3, -0.25) is 4.79 Å². The Hall–Kier alpha value is -2.89. The van der Waals surface area contributed by atoms with E-state index in [2.05, 4.69) is 20.0 Å². The van der Waals surface area contributed by atoms with Crippen LogP contribution in [0.3, 0.4) is 0 Å². The Balaban J connectivity index is 1.45. The molecule has 4 rings (SSSR count). The van der Waals surface area contributed by atoms with Gasteiger partial charge in [-0.2, -0.15) is 0 Å². The van der Waals surface area contributed by atoms with Gasteiger partial charge in [0.15, 0.2) is 0 Å². The lowest BCUT2D eigenvalue weighted by molar-refractivity contribution is 0.0890. The molecule has 0 bridgehead atoms. The highest BCUT2D eigenvalue weighted by Crippen LogP contribution is 2.19. The topological polar surface area (TPSA) is 73.0 Å². The number of amides is 1. The van der Waals surface area contributed by atoms with Gasteiger partial charge in [0, 0.05) is 36.8 Å². The van der Waals surface area contributed by atoms with Gasteiger partial charge in [0.1, 0.15) is 11.5 Å². The van der Waals surface area contributed by atoms with Gasteiger partial charge in [0.2, 0.25) is 5.76 Å². The number of nitrogens with one attached hydrogen (secondary N) is 1. The Morgan fingerprint density at radius 1 is 1.33 bits per heavy atom. The van der Waals surface area contributed by atoms with Crippen LogP contribution in [0, 0.1) is 6.92 Å². The number of benzene rings is 1. The van der Waals surface area contributed by atoms with E-state index in [1.807, 2.05) is 43.5 Å². The van der Waals surface area contributed by atoms with Crippen LogP contribution in [0.25, 0.3) is 11.3 Å². The Morgan fingerprint density at radius 2 is 2.17 bits per heavy atom. The highest BCUT2D eigenvalue weighted by atomic mass is 16.5. The second kappa shape index (κ2) is 5.96.